The average Bonchev–Trinajstić information content (AvgIpc) is 2.38. The van der Waals surface area contributed by atoms with Crippen molar-refractivity contribution in [3.05, 3.63) is 0 Å². The molecule has 5 nitrogen and oxygen atoms in total. The maximum Gasteiger partial charge on any atom is 0.329 e. The van der Waals surface area contributed by atoms with Gasteiger partial charge >= 0.3 is 12.0 Å². The third-order valence-corrected chi connectivity index (χ3v) is 4.05. The number of carbonyl (C=O) groups excluding carboxylic acids is 1. The minimum Gasteiger partial charge on any atom is -0.480 e. The number of hydrogen-bond acceptors (Lipinski definition) is 2. The van der Waals surface area contributed by atoms with Crippen LogP contribution in [0, 0.1) is 5.92 Å². The summed E-state index contributed by atoms with van der Waals surface area (Å²) in [6.45, 7) is 7.31. The second-order valence-corrected chi connectivity index (χ2v) is 5.58. The van der Waals surface area contributed by atoms with Crippen LogP contribution in [0.5, 0.6) is 0 Å². The molecule has 1 aliphatic carbocycles. The quantitative estimate of drug-likeness (QED) is 0.806. The molecule has 19 heavy (non-hydrogen) atoms. The zero-order chi connectivity index (χ0) is 14.5. The molecular weight excluding hydrogens is 244 g/mol. The van der Waals surface area contributed by atoms with Crippen molar-refractivity contribution in [2.75, 3.05) is 13.1 Å². The van der Waals surface area contributed by atoms with Gasteiger partial charge in [0.25, 0.3) is 0 Å². The van der Waals surface area contributed by atoms with Gasteiger partial charge in [-0.25, -0.2) is 9.59 Å². The lowest BCUT2D eigenvalue weighted by Crippen LogP contribution is -2.59. The molecule has 0 atom stereocenters. The number of amides is 2. The van der Waals surface area contributed by atoms with Gasteiger partial charge in [0.1, 0.15) is 5.54 Å². The molecule has 0 aromatic heterocycles. The lowest BCUT2D eigenvalue weighted by atomic mass is 9.77. The predicted octanol–water partition coefficient (Wildman–Crippen LogP) is 2.46. The average molecular weight is 270 g/mol. The smallest absolute Gasteiger partial charge is 0.329 e. The summed E-state index contributed by atoms with van der Waals surface area (Å²) in [7, 11) is 0. The second kappa shape index (κ2) is 6.78. The van der Waals surface area contributed by atoms with Crippen LogP contribution >= 0.6 is 0 Å². The Morgan fingerprint density at radius 2 is 1.89 bits per heavy atom. The van der Waals surface area contributed by atoms with Crippen molar-refractivity contribution >= 4 is 12.0 Å². The van der Waals surface area contributed by atoms with Crippen LogP contribution in [-0.2, 0) is 4.79 Å². The third kappa shape index (κ3) is 3.85. The van der Waals surface area contributed by atoms with Crippen LogP contribution in [0.3, 0.4) is 0 Å². The summed E-state index contributed by atoms with van der Waals surface area (Å²) >= 11 is 0. The number of carbonyl (C=O) groups is 2. The Labute approximate surface area is 115 Å². The molecule has 0 bridgehead atoms. The van der Waals surface area contributed by atoms with E-state index in [1.165, 1.54) is 0 Å². The van der Waals surface area contributed by atoms with E-state index in [-0.39, 0.29) is 6.03 Å². The standard InChI is InChI=1S/C14H26N2O3/c1-4-10-16(5-2)13(19)15-14(12(17)18)8-6-11(3)7-9-14/h11H,4-10H2,1-3H3,(H,15,19)(H,17,18). The second-order valence-electron chi connectivity index (χ2n) is 5.58. The molecule has 5 heteroatoms. The first kappa shape index (κ1) is 15.8. The van der Waals surface area contributed by atoms with Gasteiger partial charge < -0.3 is 15.3 Å². The Kier molecular flexibility index (Phi) is 5.63. The van der Waals surface area contributed by atoms with Crippen LogP contribution in [0.4, 0.5) is 4.79 Å². The molecule has 0 unspecified atom stereocenters. The van der Waals surface area contributed by atoms with E-state index in [9.17, 15) is 14.7 Å². The molecule has 0 aromatic rings. The Hall–Kier alpha value is -1.26. The number of nitrogens with zero attached hydrogens (tertiary/aromatic N) is 1. The first-order chi connectivity index (χ1) is 8.95. The van der Waals surface area contributed by atoms with E-state index in [0.29, 0.717) is 31.8 Å². The largest absolute Gasteiger partial charge is 0.480 e. The predicted molar refractivity (Wildman–Crippen MR) is 74.1 cm³/mol. The monoisotopic (exact) mass is 270 g/mol. The van der Waals surface area contributed by atoms with E-state index in [4.69, 9.17) is 0 Å². The third-order valence-electron chi connectivity index (χ3n) is 4.05. The fourth-order valence-electron chi connectivity index (χ4n) is 2.60. The minimum absolute atomic E-state index is 0.249. The normalized spacial score (nSPS) is 26.8. The summed E-state index contributed by atoms with van der Waals surface area (Å²) in [5.41, 5.74) is -1.06. The molecule has 0 heterocycles. The molecule has 0 radical (unpaired) electrons. The molecule has 1 fully saturated rings. The zero-order valence-electron chi connectivity index (χ0n) is 12.2. The van der Waals surface area contributed by atoms with E-state index in [2.05, 4.69) is 12.2 Å². The van der Waals surface area contributed by atoms with Crippen LogP contribution in [0.1, 0.15) is 52.9 Å². The minimum atomic E-state index is -1.06. The van der Waals surface area contributed by atoms with E-state index >= 15 is 0 Å². The lowest BCUT2D eigenvalue weighted by Gasteiger charge is -2.37. The zero-order valence-corrected chi connectivity index (χ0v) is 12.2. The van der Waals surface area contributed by atoms with Gasteiger partial charge in [-0.15, -0.1) is 0 Å². The molecule has 2 N–H and O–H groups in total. The maximum absolute atomic E-state index is 12.2. The summed E-state index contributed by atoms with van der Waals surface area (Å²) < 4.78 is 0. The van der Waals surface area contributed by atoms with Crippen LogP contribution in [0.2, 0.25) is 0 Å². The van der Waals surface area contributed by atoms with Crippen molar-refractivity contribution in [3.8, 4) is 0 Å². The van der Waals surface area contributed by atoms with E-state index in [0.717, 1.165) is 19.3 Å². The van der Waals surface area contributed by atoms with Crippen molar-refractivity contribution in [3.63, 3.8) is 0 Å². The number of hydrogen-bond donors (Lipinski definition) is 2. The Morgan fingerprint density at radius 3 is 2.32 bits per heavy atom. The summed E-state index contributed by atoms with van der Waals surface area (Å²) in [6, 6.07) is -0.249. The molecule has 1 rings (SSSR count). The van der Waals surface area contributed by atoms with Crippen LogP contribution in [0.25, 0.3) is 0 Å². The summed E-state index contributed by atoms with van der Waals surface area (Å²) in [5, 5.41) is 12.3. The molecule has 2 amide bonds. The number of rotatable bonds is 5. The number of urea groups is 1. The highest BCUT2D eigenvalue weighted by molar-refractivity contribution is 5.86. The highest BCUT2D eigenvalue weighted by Crippen LogP contribution is 2.32. The number of aliphatic carboxylic acids is 1. The maximum atomic E-state index is 12.2. The van der Waals surface area contributed by atoms with Gasteiger partial charge in [-0.1, -0.05) is 13.8 Å². The van der Waals surface area contributed by atoms with Gasteiger partial charge in [-0.2, -0.15) is 0 Å². The molecule has 110 valence electrons. The summed E-state index contributed by atoms with van der Waals surface area (Å²) in [5.74, 6) is -0.359. The molecule has 1 saturated carbocycles. The van der Waals surface area contributed by atoms with Gasteiger partial charge in [0.2, 0.25) is 0 Å². The Morgan fingerprint density at radius 1 is 1.32 bits per heavy atom. The number of nitrogens with one attached hydrogen (secondary N) is 1. The highest BCUT2D eigenvalue weighted by atomic mass is 16.4. The number of carboxylic acids is 1. The first-order valence-electron chi connectivity index (χ1n) is 7.25. The SMILES string of the molecule is CCCN(CC)C(=O)NC1(C(=O)O)CCC(C)CC1. The molecule has 1 aliphatic rings. The van der Waals surface area contributed by atoms with Crippen LogP contribution in [0.15, 0.2) is 0 Å². The van der Waals surface area contributed by atoms with Crippen molar-refractivity contribution in [1.82, 2.24) is 10.2 Å². The molecular formula is C14H26N2O3. The van der Waals surface area contributed by atoms with Gasteiger partial charge in [-0.3, -0.25) is 0 Å². The fourth-order valence-corrected chi connectivity index (χ4v) is 2.60. The molecule has 0 saturated heterocycles. The Balaban J connectivity index is 2.73. The van der Waals surface area contributed by atoms with E-state index < -0.39 is 11.5 Å². The summed E-state index contributed by atoms with van der Waals surface area (Å²) in [6.07, 6.45) is 3.63. The molecule has 0 spiro atoms. The lowest BCUT2D eigenvalue weighted by molar-refractivity contribution is -0.146. The first-order valence-corrected chi connectivity index (χ1v) is 7.25. The van der Waals surface area contributed by atoms with Crippen molar-refractivity contribution < 1.29 is 14.7 Å². The van der Waals surface area contributed by atoms with Crippen molar-refractivity contribution in [2.45, 2.75) is 58.4 Å². The van der Waals surface area contributed by atoms with Gasteiger partial charge in [0.15, 0.2) is 0 Å². The van der Waals surface area contributed by atoms with E-state index in [1.54, 1.807) is 4.90 Å². The van der Waals surface area contributed by atoms with Crippen molar-refractivity contribution in [2.24, 2.45) is 5.92 Å². The topological polar surface area (TPSA) is 69.6 Å². The van der Waals surface area contributed by atoms with Crippen molar-refractivity contribution in [1.29, 1.82) is 0 Å². The van der Waals surface area contributed by atoms with E-state index in [1.807, 2.05) is 13.8 Å². The fraction of sp³-hybridized carbons (Fsp3) is 0.857. The Bertz CT molecular complexity index is 323. The van der Waals surface area contributed by atoms with Gasteiger partial charge in [0, 0.05) is 13.1 Å². The van der Waals surface area contributed by atoms with Crippen LogP contribution in [-0.4, -0.2) is 40.6 Å². The summed E-state index contributed by atoms with van der Waals surface area (Å²) in [4.78, 5) is 25.4. The highest BCUT2D eigenvalue weighted by Gasteiger charge is 2.43. The number of carboxylic acid groups (broad SMARTS) is 1. The van der Waals surface area contributed by atoms with Gasteiger partial charge in [0.05, 0.1) is 0 Å². The van der Waals surface area contributed by atoms with Crippen LogP contribution < -0.4 is 5.32 Å². The molecule has 0 aromatic carbocycles. The van der Waals surface area contributed by atoms with Gasteiger partial charge in [-0.05, 0) is 44.9 Å². The molecule has 0 aliphatic heterocycles.